The van der Waals surface area contributed by atoms with Crippen molar-refractivity contribution in [2.75, 3.05) is 25.0 Å². The van der Waals surface area contributed by atoms with E-state index in [9.17, 15) is 4.79 Å². The molecule has 0 spiro atoms. The first-order chi connectivity index (χ1) is 10.2. The molecule has 1 atom stereocenters. The van der Waals surface area contributed by atoms with Crippen LogP contribution in [-0.2, 0) is 4.79 Å². The molecule has 1 saturated heterocycles. The van der Waals surface area contributed by atoms with Gasteiger partial charge in [0.25, 0.3) is 0 Å². The van der Waals surface area contributed by atoms with Gasteiger partial charge >= 0.3 is 0 Å². The fourth-order valence-electron chi connectivity index (χ4n) is 2.88. The van der Waals surface area contributed by atoms with Gasteiger partial charge in [0.05, 0.1) is 11.4 Å². The van der Waals surface area contributed by atoms with Crippen LogP contribution in [0.4, 0.5) is 5.82 Å². The molecule has 0 aliphatic carbocycles. The van der Waals surface area contributed by atoms with Crippen molar-refractivity contribution in [3.63, 3.8) is 0 Å². The molecule has 4 nitrogen and oxygen atoms in total. The van der Waals surface area contributed by atoms with E-state index in [2.05, 4.69) is 38.3 Å². The molecule has 1 amide bonds. The van der Waals surface area contributed by atoms with E-state index in [0.29, 0.717) is 0 Å². The van der Waals surface area contributed by atoms with E-state index in [1.165, 1.54) is 0 Å². The lowest BCUT2D eigenvalue weighted by Gasteiger charge is -2.32. The second-order valence-electron chi connectivity index (χ2n) is 5.38. The fourth-order valence-corrected chi connectivity index (χ4v) is 3.35. The van der Waals surface area contributed by atoms with E-state index < -0.39 is 0 Å². The van der Waals surface area contributed by atoms with E-state index >= 15 is 0 Å². The van der Waals surface area contributed by atoms with Crippen LogP contribution in [-0.4, -0.2) is 31.0 Å². The minimum Gasteiger partial charge on any atom is -0.359 e. The third-order valence-corrected chi connectivity index (χ3v) is 4.66. The maximum atomic E-state index is 11.8. The molecule has 2 aromatic rings. The van der Waals surface area contributed by atoms with Crippen molar-refractivity contribution < 1.29 is 4.79 Å². The van der Waals surface area contributed by atoms with Crippen molar-refractivity contribution in [3.8, 4) is 0 Å². The number of nitrogens with one attached hydrogen (secondary N) is 1. The van der Waals surface area contributed by atoms with Crippen molar-refractivity contribution in [3.05, 3.63) is 34.8 Å². The highest BCUT2D eigenvalue weighted by Gasteiger charge is 2.25. The van der Waals surface area contributed by atoms with Gasteiger partial charge in [-0.1, -0.05) is 12.1 Å². The number of anilines is 1. The number of carbonyl (C=O) groups is 1. The first kappa shape index (κ1) is 14.3. The molecule has 2 heterocycles. The Morgan fingerprint density at radius 3 is 3.05 bits per heavy atom. The second-order valence-corrected chi connectivity index (χ2v) is 6.23. The summed E-state index contributed by atoms with van der Waals surface area (Å²) in [5, 5.41) is 3.87. The van der Waals surface area contributed by atoms with Gasteiger partial charge in [0.15, 0.2) is 0 Å². The standard InChI is InChI=1S/C16H18BrN3O/c1-18-16(21)12-5-3-9-20(10-12)14-8-7-11-4-2-6-13(17)15(11)19-14/h2,4,6-8,12H,3,5,9-10H2,1H3,(H,18,21). The Labute approximate surface area is 132 Å². The predicted molar refractivity (Wildman–Crippen MR) is 88.4 cm³/mol. The Morgan fingerprint density at radius 2 is 2.24 bits per heavy atom. The van der Waals surface area contributed by atoms with Crippen molar-refractivity contribution in [1.29, 1.82) is 0 Å². The van der Waals surface area contributed by atoms with Crippen LogP contribution in [0, 0.1) is 5.92 Å². The number of benzene rings is 1. The average Bonchev–Trinajstić information content (AvgIpc) is 2.54. The third kappa shape index (κ3) is 2.88. The van der Waals surface area contributed by atoms with Gasteiger partial charge in [-0.15, -0.1) is 0 Å². The number of nitrogens with zero attached hydrogens (tertiary/aromatic N) is 2. The average molecular weight is 348 g/mol. The number of pyridine rings is 1. The van der Waals surface area contributed by atoms with Crippen molar-refractivity contribution in [2.24, 2.45) is 5.92 Å². The van der Waals surface area contributed by atoms with E-state index in [1.54, 1.807) is 7.05 Å². The molecule has 0 bridgehead atoms. The van der Waals surface area contributed by atoms with Crippen LogP contribution in [0.2, 0.25) is 0 Å². The van der Waals surface area contributed by atoms with E-state index in [0.717, 1.165) is 47.1 Å². The normalized spacial score (nSPS) is 18.8. The molecule has 1 aliphatic heterocycles. The molecule has 1 aromatic carbocycles. The van der Waals surface area contributed by atoms with Gasteiger partial charge in [-0.3, -0.25) is 4.79 Å². The number of hydrogen-bond acceptors (Lipinski definition) is 3. The zero-order valence-corrected chi connectivity index (χ0v) is 13.6. The SMILES string of the molecule is CNC(=O)C1CCCN(c2ccc3cccc(Br)c3n2)C1. The molecule has 21 heavy (non-hydrogen) atoms. The van der Waals surface area contributed by atoms with Crippen LogP contribution < -0.4 is 10.2 Å². The number of hydrogen-bond donors (Lipinski definition) is 1. The van der Waals surface area contributed by atoms with Crippen LogP contribution in [0.3, 0.4) is 0 Å². The quantitative estimate of drug-likeness (QED) is 0.908. The number of aromatic nitrogens is 1. The smallest absolute Gasteiger partial charge is 0.224 e. The molecule has 1 fully saturated rings. The number of carbonyl (C=O) groups excluding carboxylic acids is 1. The molecule has 0 radical (unpaired) electrons. The summed E-state index contributed by atoms with van der Waals surface area (Å²) in [5.41, 5.74) is 0.970. The van der Waals surface area contributed by atoms with Crippen LogP contribution in [0.1, 0.15) is 12.8 Å². The second kappa shape index (κ2) is 6.02. The van der Waals surface area contributed by atoms with E-state index in [1.807, 2.05) is 18.2 Å². The fraction of sp³-hybridized carbons (Fsp3) is 0.375. The minimum atomic E-state index is 0.0560. The lowest BCUT2D eigenvalue weighted by Crippen LogP contribution is -2.42. The maximum Gasteiger partial charge on any atom is 0.224 e. The topological polar surface area (TPSA) is 45.2 Å². The summed E-state index contributed by atoms with van der Waals surface area (Å²) in [5.74, 6) is 1.13. The van der Waals surface area contributed by atoms with Gasteiger partial charge in [-0.05, 0) is 47.0 Å². The van der Waals surface area contributed by atoms with Crippen molar-refractivity contribution in [1.82, 2.24) is 10.3 Å². The lowest BCUT2D eigenvalue weighted by molar-refractivity contribution is -0.124. The van der Waals surface area contributed by atoms with Gasteiger partial charge in [-0.25, -0.2) is 4.98 Å². The molecule has 1 aromatic heterocycles. The summed E-state index contributed by atoms with van der Waals surface area (Å²) >= 11 is 3.56. The highest BCUT2D eigenvalue weighted by atomic mass is 79.9. The summed E-state index contributed by atoms with van der Waals surface area (Å²) in [7, 11) is 1.70. The summed E-state index contributed by atoms with van der Waals surface area (Å²) in [6.07, 6.45) is 1.97. The van der Waals surface area contributed by atoms with Crippen LogP contribution in [0.15, 0.2) is 34.8 Å². The Bertz CT molecular complexity index is 674. The minimum absolute atomic E-state index is 0.0560. The summed E-state index contributed by atoms with van der Waals surface area (Å²) in [6, 6.07) is 10.2. The molecule has 110 valence electrons. The van der Waals surface area contributed by atoms with Gasteiger partial charge in [-0.2, -0.15) is 0 Å². The van der Waals surface area contributed by atoms with E-state index in [4.69, 9.17) is 4.98 Å². The number of fused-ring (bicyclic) bond motifs is 1. The summed E-state index contributed by atoms with van der Waals surface area (Å²) < 4.78 is 1.00. The van der Waals surface area contributed by atoms with Crippen LogP contribution in [0.5, 0.6) is 0 Å². The number of piperidine rings is 1. The van der Waals surface area contributed by atoms with Gasteiger partial charge < -0.3 is 10.2 Å². The third-order valence-electron chi connectivity index (χ3n) is 4.02. The molecule has 1 unspecified atom stereocenters. The highest BCUT2D eigenvalue weighted by Crippen LogP contribution is 2.27. The molecule has 5 heteroatoms. The zero-order chi connectivity index (χ0) is 14.8. The Balaban J connectivity index is 1.89. The molecule has 3 rings (SSSR count). The number of halogens is 1. The molecular formula is C16H18BrN3O. The number of para-hydroxylation sites is 1. The largest absolute Gasteiger partial charge is 0.359 e. The summed E-state index contributed by atoms with van der Waals surface area (Å²) in [6.45, 7) is 1.69. The van der Waals surface area contributed by atoms with Gasteiger partial charge in [0.2, 0.25) is 5.91 Å². The molecule has 1 aliphatic rings. The van der Waals surface area contributed by atoms with Crippen LogP contribution in [0.25, 0.3) is 10.9 Å². The maximum absolute atomic E-state index is 11.8. The predicted octanol–water partition coefficient (Wildman–Crippen LogP) is 2.96. The lowest BCUT2D eigenvalue weighted by atomic mass is 9.97. The molecule has 0 saturated carbocycles. The Morgan fingerprint density at radius 1 is 1.38 bits per heavy atom. The van der Waals surface area contributed by atoms with Crippen molar-refractivity contribution in [2.45, 2.75) is 12.8 Å². The Kier molecular flexibility index (Phi) is 4.10. The first-order valence-electron chi connectivity index (χ1n) is 7.21. The molecular weight excluding hydrogens is 330 g/mol. The van der Waals surface area contributed by atoms with Gasteiger partial charge in [0.1, 0.15) is 5.82 Å². The monoisotopic (exact) mass is 347 g/mol. The molecule has 1 N–H and O–H groups in total. The highest BCUT2D eigenvalue weighted by molar-refractivity contribution is 9.10. The number of amides is 1. The zero-order valence-electron chi connectivity index (χ0n) is 12.0. The Hall–Kier alpha value is -1.62. The number of rotatable bonds is 2. The van der Waals surface area contributed by atoms with Crippen molar-refractivity contribution >= 4 is 38.6 Å². The van der Waals surface area contributed by atoms with Crippen LogP contribution >= 0.6 is 15.9 Å². The van der Waals surface area contributed by atoms with E-state index in [-0.39, 0.29) is 11.8 Å². The first-order valence-corrected chi connectivity index (χ1v) is 8.00. The van der Waals surface area contributed by atoms with Gasteiger partial charge in [0, 0.05) is 30.0 Å². The summed E-state index contributed by atoms with van der Waals surface area (Å²) in [4.78, 5) is 18.8.